The van der Waals surface area contributed by atoms with E-state index in [1.165, 1.54) is 0 Å². The van der Waals surface area contributed by atoms with Crippen molar-refractivity contribution in [2.45, 2.75) is 26.8 Å². The van der Waals surface area contributed by atoms with Crippen molar-refractivity contribution in [2.75, 3.05) is 6.54 Å². The van der Waals surface area contributed by atoms with E-state index in [1.54, 1.807) is 10.9 Å². The molecule has 2 aromatic rings. The van der Waals surface area contributed by atoms with Gasteiger partial charge in [-0.15, -0.1) is 0 Å². The van der Waals surface area contributed by atoms with E-state index in [9.17, 15) is 0 Å². The number of nitrogens with zero attached hydrogens (tertiary/aromatic N) is 3. The Morgan fingerprint density at radius 2 is 2.22 bits per heavy atom. The molecule has 2 rings (SSSR count). The summed E-state index contributed by atoms with van der Waals surface area (Å²) in [5, 5.41) is 8.30. The summed E-state index contributed by atoms with van der Waals surface area (Å²) in [6.07, 6.45) is 3.64. The van der Waals surface area contributed by atoms with Gasteiger partial charge in [-0.25, -0.2) is 9.67 Å². The molecule has 0 saturated carbocycles. The van der Waals surface area contributed by atoms with Gasteiger partial charge in [-0.2, -0.15) is 5.10 Å². The highest BCUT2D eigenvalue weighted by molar-refractivity contribution is 6.31. The van der Waals surface area contributed by atoms with E-state index >= 15 is 0 Å². The standard InChI is InChI=1S/C13H17ClN4/c1-4-15-9(2)11-5-6-13(16-7-11)18-8-12(14)10(3)17-18/h5-9,15H,4H2,1-3H3. The van der Waals surface area contributed by atoms with Crippen molar-refractivity contribution >= 4 is 11.6 Å². The van der Waals surface area contributed by atoms with Crippen molar-refractivity contribution in [1.82, 2.24) is 20.1 Å². The first kappa shape index (κ1) is 13.1. The summed E-state index contributed by atoms with van der Waals surface area (Å²) in [4.78, 5) is 4.41. The summed E-state index contributed by atoms with van der Waals surface area (Å²) in [5.41, 5.74) is 1.97. The van der Waals surface area contributed by atoms with Crippen LogP contribution in [0.3, 0.4) is 0 Å². The molecule has 2 heterocycles. The van der Waals surface area contributed by atoms with E-state index < -0.39 is 0 Å². The monoisotopic (exact) mass is 264 g/mol. The fraction of sp³-hybridized carbons (Fsp3) is 0.385. The van der Waals surface area contributed by atoms with Crippen LogP contribution in [0.5, 0.6) is 0 Å². The third kappa shape index (κ3) is 2.71. The SMILES string of the molecule is CCNC(C)c1ccc(-n2cc(Cl)c(C)n2)nc1. The van der Waals surface area contributed by atoms with Gasteiger partial charge in [0, 0.05) is 12.2 Å². The summed E-state index contributed by atoms with van der Waals surface area (Å²) in [5.74, 6) is 0.775. The highest BCUT2D eigenvalue weighted by Crippen LogP contribution is 2.16. The Morgan fingerprint density at radius 1 is 1.44 bits per heavy atom. The largest absolute Gasteiger partial charge is 0.310 e. The topological polar surface area (TPSA) is 42.7 Å². The van der Waals surface area contributed by atoms with Gasteiger partial charge in [0.2, 0.25) is 0 Å². The molecule has 0 aliphatic rings. The van der Waals surface area contributed by atoms with Crippen molar-refractivity contribution < 1.29 is 0 Å². The Bertz CT molecular complexity index is 499. The van der Waals surface area contributed by atoms with E-state index in [0.29, 0.717) is 11.1 Å². The molecule has 18 heavy (non-hydrogen) atoms. The molecular formula is C13H17ClN4. The van der Waals surface area contributed by atoms with Gasteiger partial charge in [0.15, 0.2) is 5.82 Å². The third-order valence-corrected chi connectivity index (χ3v) is 3.23. The van der Waals surface area contributed by atoms with Crippen LogP contribution in [0.1, 0.15) is 31.1 Å². The molecule has 0 spiro atoms. The maximum atomic E-state index is 5.98. The van der Waals surface area contributed by atoms with E-state index in [-0.39, 0.29) is 0 Å². The minimum absolute atomic E-state index is 0.305. The van der Waals surface area contributed by atoms with Crippen LogP contribution in [0, 0.1) is 6.92 Å². The second-order valence-corrected chi connectivity index (χ2v) is 4.64. The molecule has 4 nitrogen and oxygen atoms in total. The average molecular weight is 265 g/mol. The molecule has 0 fully saturated rings. The molecule has 5 heteroatoms. The first-order valence-corrected chi connectivity index (χ1v) is 6.41. The third-order valence-electron chi connectivity index (χ3n) is 2.85. The van der Waals surface area contributed by atoms with E-state index in [2.05, 4.69) is 35.3 Å². The molecule has 96 valence electrons. The minimum atomic E-state index is 0.305. The number of hydrogen-bond donors (Lipinski definition) is 1. The van der Waals surface area contributed by atoms with Crippen LogP contribution in [-0.2, 0) is 0 Å². The molecule has 0 bridgehead atoms. The molecule has 0 amide bonds. The molecule has 0 saturated heterocycles. The summed E-state index contributed by atoms with van der Waals surface area (Å²) in [6.45, 7) is 7.03. The molecule has 2 aromatic heterocycles. The number of aromatic nitrogens is 3. The van der Waals surface area contributed by atoms with Crippen molar-refractivity contribution in [3.05, 3.63) is 40.8 Å². The summed E-state index contributed by atoms with van der Waals surface area (Å²) >= 11 is 5.98. The quantitative estimate of drug-likeness (QED) is 0.923. The van der Waals surface area contributed by atoms with E-state index in [1.807, 2.05) is 19.2 Å². The molecule has 1 atom stereocenters. The smallest absolute Gasteiger partial charge is 0.153 e. The second kappa shape index (κ2) is 5.50. The number of hydrogen-bond acceptors (Lipinski definition) is 3. The van der Waals surface area contributed by atoms with Crippen LogP contribution in [0.4, 0.5) is 0 Å². The van der Waals surface area contributed by atoms with Crippen molar-refractivity contribution in [3.8, 4) is 5.82 Å². The number of pyridine rings is 1. The number of rotatable bonds is 4. The van der Waals surface area contributed by atoms with Gasteiger partial charge >= 0.3 is 0 Å². The van der Waals surface area contributed by atoms with Gasteiger partial charge < -0.3 is 5.32 Å². The Balaban J connectivity index is 2.22. The van der Waals surface area contributed by atoms with Crippen LogP contribution in [0.15, 0.2) is 24.5 Å². The zero-order valence-electron chi connectivity index (χ0n) is 10.8. The molecule has 1 N–H and O–H groups in total. The van der Waals surface area contributed by atoms with E-state index in [4.69, 9.17) is 11.6 Å². The van der Waals surface area contributed by atoms with Gasteiger partial charge in [0.05, 0.1) is 16.9 Å². The summed E-state index contributed by atoms with van der Waals surface area (Å²) < 4.78 is 1.69. The van der Waals surface area contributed by atoms with Gasteiger partial charge in [-0.05, 0) is 32.0 Å². The lowest BCUT2D eigenvalue weighted by molar-refractivity contribution is 0.595. The van der Waals surface area contributed by atoms with Crippen LogP contribution < -0.4 is 5.32 Å². The highest BCUT2D eigenvalue weighted by Gasteiger charge is 2.07. The molecule has 1 unspecified atom stereocenters. The molecule has 0 aliphatic heterocycles. The lowest BCUT2D eigenvalue weighted by Gasteiger charge is -2.12. The van der Waals surface area contributed by atoms with Gasteiger partial charge in [0.25, 0.3) is 0 Å². The van der Waals surface area contributed by atoms with Crippen molar-refractivity contribution in [3.63, 3.8) is 0 Å². The summed E-state index contributed by atoms with van der Waals surface area (Å²) in [7, 11) is 0. The maximum absolute atomic E-state index is 5.98. The number of nitrogens with one attached hydrogen (secondary N) is 1. The average Bonchev–Trinajstić information content (AvgIpc) is 2.70. The Hall–Kier alpha value is -1.39. The zero-order valence-corrected chi connectivity index (χ0v) is 11.6. The van der Waals surface area contributed by atoms with Crippen molar-refractivity contribution in [2.24, 2.45) is 0 Å². The van der Waals surface area contributed by atoms with Crippen LogP contribution in [0.2, 0.25) is 5.02 Å². The predicted molar refractivity (Wildman–Crippen MR) is 73.2 cm³/mol. The van der Waals surface area contributed by atoms with Crippen molar-refractivity contribution in [1.29, 1.82) is 0 Å². The van der Waals surface area contributed by atoms with E-state index in [0.717, 1.165) is 23.6 Å². The Kier molecular flexibility index (Phi) is 3.99. The number of halogens is 1. The van der Waals surface area contributed by atoms with Gasteiger partial charge in [-0.3, -0.25) is 0 Å². The van der Waals surface area contributed by atoms with Crippen LogP contribution in [-0.4, -0.2) is 21.3 Å². The molecule has 0 aromatic carbocycles. The van der Waals surface area contributed by atoms with Gasteiger partial charge in [0.1, 0.15) is 0 Å². The van der Waals surface area contributed by atoms with Crippen LogP contribution in [0.25, 0.3) is 5.82 Å². The Labute approximate surface area is 112 Å². The fourth-order valence-corrected chi connectivity index (χ4v) is 1.90. The Morgan fingerprint density at radius 3 is 2.72 bits per heavy atom. The molecule has 0 radical (unpaired) electrons. The maximum Gasteiger partial charge on any atom is 0.153 e. The highest BCUT2D eigenvalue weighted by atomic mass is 35.5. The first-order valence-electron chi connectivity index (χ1n) is 6.03. The molecular weight excluding hydrogens is 248 g/mol. The summed E-state index contributed by atoms with van der Waals surface area (Å²) in [6, 6.07) is 4.31. The number of aryl methyl sites for hydroxylation is 1. The normalized spacial score (nSPS) is 12.7. The lowest BCUT2D eigenvalue weighted by Crippen LogP contribution is -2.17. The first-order chi connectivity index (χ1) is 8.61. The van der Waals surface area contributed by atoms with Crippen LogP contribution >= 0.6 is 11.6 Å². The molecule has 0 aliphatic carbocycles. The lowest BCUT2D eigenvalue weighted by atomic mass is 10.1. The zero-order chi connectivity index (χ0) is 13.1. The van der Waals surface area contributed by atoms with Gasteiger partial charge in [-0.1, -0.05) is 24.6 Å². The second-order valence-electron chi connectivity index (χ2n) is 4.24. The predicted octanol–water partition coefficient (Wildman–Crippen LogP) is 2.90. The minimum Gasteiger partial charge on any atom is -0.310 e. The fourth-order valence-electron chi connectivity index (χ4n) is 1.77.